The second kappa shape index (κ2) is 2.79. The quantitative estimate of drug-likeness (QED) is 0.493. The highest BCUT2D eigenvalue weighted by Crippen LogP contribution is 2.04. The van der Waals surface area contributed by atoms with Crippen molar-refractivity contribution in [3.8, 4) is 0 Å². The number of nitrogens with zero attached hydrogens (tertiary/aromatic N) is 1. The van der Waals surface area contributed by atoms with Crippen molar-refractivity contribution in [3.63, 3.8) is 0 Å². The highest BCUT2D eigenvalue weighted by molar-refractivity contribution is 6.05. The number of amides is 1. The number of ketones is 1. The van der Waals surface area contributed by atoms with Crippen molar-refractivity contribution in [2.24, 2.45) is 0 Å². The maximum atomic E-state index is 10.8. The van der Waals surface area contributed by atoms with Gasteiger partial charge in [0.1, 0.15) is 0 Å². The van der Waals surface area contributed by atoms with Crippen LogP contribution in [0.3, 0.4) is 0 Å². The van der Waals surface area contributed by atoms with Crippen molar-refractivity contribution in [2.45, 2.75) is 6.42 Å². The fraction of sp³-hybridized carbons (Fsp3) is 0.667. The zero-order chi connectivity index (χ0) is 7.56. The van der Waals surface area contributed by atoms with E-state index < -0.39 is 0 Å². The molecular weight excluding hydrogens is 134 g/mol. The topological polar surface area (TPSA) is 57.6 Å². The van der Waals surface area contributed by atoms with Gasteiger partial charge in [-0.1, -0.05) is 0 Å². The molecule has 1 heterocycles. The van der Waals surface area contributed by atoms with Crippen LogP contribution in [0.2, 0.25) is 0 Å². The van der Waals surface area contributed by atoms with Crippen molar-refractivity contribution in [2.75, 3.05) is 19.7 Å². The third kappa shape index (κ3) is 1.33. The molecule has 0 aliphatic carbocycles. The van der Waals surface area contributed by atoms with Gasteiger partial charge in [0.25, 0.3) is 0 Å². The third-order valence-corrected chi connectivity index (χ3v) is 1.44. The Balaban J connectivity index is 2.46. The van der Waals surface area contributed by atoms with Crippen LogP contribution < -0.4 is 0 Å². The molecule has 0 atom stereocenters. The summed E-state index contributed by atoms with van der Waals surface area (Å²) < 4.78 is 0. The van der Waals surface area contributed by atoms with Gasteiger partial charge in [-0.05, 0) is 0 Å². The zero-order valence-electron chi connectivity index (χ0n) is 5.54. The van der Waals surface area contributed by atoms with Gasteiger partial charge in [0.2, 0.25) is 5.91 Å². The average molecular weight is 143 g/mol. The number of aliphatic hydroxyl groups excluding tert-OH is 1. The lowest BCUT2D eigenvalue weighted by Crippen LogP contribution is -2.28. The second-order valence-electron chi connectivity index (χ2n) is 2.25. The van der Waals surface area contributed by atoms with Gasteiger partial charge in [0, 0.05) is 6.54 Å². The largest absolute Gasteiger partial charge is 0.395 e. The molecule has 1 aliphatic rings. The third-order valence-electron chi connectivity index (χ3n) is 1.44. The Hall–Kier alpha value is -0.900. The minimum Gasteiger partial charge on any atom is -0.395 e. The second-order valence-corrected chi connectivity index (χ2v) is 2.25. The van der Waals surface area contributed by atoms with Crippen LogP contribution in [0.1, 0.15) is 6.42 Å². The summed E-state index contributed by atoms with van der Waals surface area (Å²) in [4.78, 5) is 22.7. The first-order valence-electron chi connectivity index (χ1n) is 3.14. The molecule has 4 heteroatoms. The van der Waals surface area contributed by atoms with Gasteiger partial charge in [-0.25, -0.2) is 0 Å². The summed E-state index contributed by atoms with van der Waals surface area (Å²) in [6, 6.07) is 0. The van der Waals surface area contributed by atoms with Gasteiger partial charge in [-0.15, -0.1) is 0 Å². The van der Waals surface area contributed by atoms with Gasteiger partial charge in [-0.3, -0.25) is 9.59 Å². The number of rotatable bonds is 2. The first-order valence-corrected chi connectivity index (χ1v) is 3.14. The summed E-state index contributed by atoms with van der Waals surface area (Å²) in [5, 5.41) is 8.43. The van der Waals surface area contributed by atoms with E-state index in [0.29, 0.717) is 0 Å². The van der Waals surface area contributed by atoms with Crippen molar-refractivity contribution in [1.29, 1.82) is 0 Å². The number of carbonyl (C=O) groups excluding carboxylic acids is 2. The van der Waals surface area contributed by atoms with E-state index in [1.165, 1.54) is 4.90 Å². The van der Waals surface area contributed by atoms with Crippen LogP contribution in [0.5, 0.6) is 0 Å². The van der Waals surface area contributed by atoms with E-state index in [0.717, 1.165) is 0 Å². The summed E-state index contributed by atoms with van der Waals surface area (Å²) >= 11 is 0. The Bertz CT molecular complexity index is 166. The van der Waals surface area contributed by atoms with Crippen molar-refractivity contribution < 1.29 is 14.7 Å². The highest BCUT2D eigenvalue weighted by Gasteiger charge is 2.26. The monoisotopic (exact) mass is 143 g/mol. The van der Waals surface area contributed by atoms with Gasteiger partial charge in [-0.2, -0.15) is 0 Å². The molecule has 0 aromatic carbocycles. The standard InChI is InChI=1S/C6H9NO3/c8-2-1-7-4-5(9)3-6(7)10/h8H,1-4H2. The number of β-amino-alcohol motifs (C(OH)–C–C–N with tert-alkyl or cyclic N) is 1. The number of hydrogen-bond acceptors (Lipinski definition) is 3. The van der Waals surface area contributed by atoms with Crippen LogP contribution in [0.15, 0.2) is 0 Å². The number of carbonyl (C=O) groups is 2. The molecule has 0 aromatic heterocycles. The van der Waals surface area contributed by atoms with E-state index in [1.807, 2.05) is 0 Å². The summed E-state index contributed by atoms with van der Waals surface area (Å²) in [6.07, 6.45) is 0.0139. The molecule has 0 unspecified atom stereocenters. The molecule has 0 aromatic rings. The first-order chi connectivity index (χ1) is 4.74. The molecule has 0 spiro atoms. The number of Topliss-reactive ketones (excluding diaryl/α,β-unsaturated/α-hetero) is 1. The Kier molecular flexibility index (Phi) is 2.01. The summed E-state index contributed by atoms with van der Waals surface area (Å²) in [7, 11) is 0. The fourth-order valence-electron chi connectivity index (χ4n) is 0.962. The maximum absolute atomic E-state index is 10.8. The lowest BCUT2D eigenvalue weighted by atomic mass is 10.3. The Morgan fingerprint density at radius 2 is 2.20 bits per heavy atom. The normalized spacial score (nSPS) is 18.7. The molecule has 0 radical (unpaired) electrons. The molecule has 1 N–H and O–H groups in total. The van der Waals surface area contributed by atoms with E-state index in [1.54, 1.807) is 0 Å². The summed E-state index contributed by atoms with van der Waals surface area (Å²) in [5.41, 5.74) is 0. The smallest absolute Gasteiger partial charge is 0.230 e. The maximum Gasteiger partial charge on any atom is 0.230 e. The van der Waals surface area contributed by atoms with Crippen LogP contribution >= 0.6 is 0 Å². The first kappa shape index (κ1) is 7.21. The van der Waals surface area contributed by atoms with Gasteiger partial charge >= 0.3 is 0 Å². The SMILES string of the molecule is O=C1CC(=O)N(CCO)C1. The lowest BCUT2D eigenvalue weighted by Gasteiger charge is -2.10. The predicted molar refractivity (Wildman–Crippen MR) is 33.3 cm³/mol. The van der Waals surface area contributed by atoms with Crippen LogP contribution in [-0.2, 0) is 9.59 Å². The molecule has 0 saturated carbocycles. The van der Waals surface area contributed by atoms with E-state index in [4.69, 9.17) is 5.11 Å². The van der Waals surface area contributed by atoms with E-state index in [2.05, 4.69) is 0 Å². The molecule has 1 aliphatic heterocycles. The van der Waals surface area contributed by atoms with Crippen LogP contribution in [0.4, 0.5) is 0 Å². The zero-order valence-corrected chi connectivity index (χ0v) is 5.54. The molecule has 1 saturated heterocycles. The Morgan fingerprint density at radius 3 is 2.60 bits per heavy atom. The summed E-state index contributed by atoms with van der Waals surface area (Å²) in [6.45, 7) is 0.392. The van der Waals surface area contributed by atoms with Crippen molar-refractivity contribution in [1.82, 2.24) is 4.90 Å². The Labute approximate surface area is 58.4 Å². The number of aliphatic hydroxyl groups is 1. The van der Waals surface area contributed by atoms with Gasteiger partial charge in [0.15, 0.2) is 5.78 Å². The van der Waals surface area contributed by atoms with E-state index in [9.17, 15) is 9.59 Å². The van der Waals surface area contributed by atoms with Crippen LogP contribution in [0.25, 0.3) is 0 Å². The minimum absolute atomic E-state index is 0.0139. The van der Waals surface area contributed by atoms with Crippen LogP contribution in [0, 0.1) is 0 Å². The summed E-state index contributed by atoms with van der Waals surface area (Å²) in [5.74, 6) is -0.225. The molecule has 56 valence electrons. The predicted octanol–water partition coefficient (Wildman–Crippen LogP) is -1.22. The molecule has 1 fully saturated rings. The average Bonchev–Trinajstić information content (AvgIpc) is 2.13. The minimum atomic E-state index is -0.168. The Morgan fingerprint density at radius 1 is 1.50 bits per heavy atom. The molecule has 1 amide bonds. The van der Waals surface area contributed by atoms with Gasteiger partial charge < -0.3 is 10.0 Å². The molecule has 1 rings (SSSR count). The van der Waals surface area contributed by atoms with E-state index in [-0.39, 0.29) is 37.8 Å². The van der Waals surface area contributed by atoms with E-state index >= 15 is 0 Å². The molecule has 4 nitrogen and oxygen atoms in total. The van der Waals surface area contributed by atoms with Crippen molar-refractivity contribution >= 4 is 11.7 Å². The number of hydrogen-bond donors (Lipinski definition) is 1. The molecule has 0 bridgehead atoms. The highest BCUT2D eigenvalue weighted by atomic mass is 16.3. The van der Waals surface area contributed by atoms with Crippen LogP contribution in [-0.4, -0.2) is 41.4 Å². The molecule has 10 heavy (non-hydrogen) atoms. The lowest BCUT2D eigenvalue weighted by molar-refractivity contribution is -0.128. The van der Waals surface area contributed by atoms with Crippen molar-refractivity contribution in [3.05, 3.63) is 0 Å². The molecular formula is C6H9NO3. The van der Waals surface area contributed by atoms with Gasteiger partial charge in [0.05, 0.1) is 19.6 Å². The number of likely N-dealkylation sites (tertiary alicyclic amines) is 1. The fourth-order valence-corrected chi connectivity index (χ4v) is 0.962.